The molecule has 0 saturated heterocycles. The van der Waals surface area contributed by atoms with Gasteiger partial charge in [0.25, 0.3) is 0 Å². The average Bonchev–Trinajstić information content (AvgIpc) is 2.47. The summed E-state index contributed by atoms with van der Waals surface area (Å²) in [6, 6.07) is 20.2. The zero-order valence-electron chi connectivity index (χ0n) is 11.0. The van der Waals surface area contributed by atoms with Crippen LogP contribution in [0.15, 0.2) is 71.2 Å². The van der Waals surface area contributed by atoms with Gasteiger partial charge in [0, 0.05) is 20.6 Å². The Kier molecular flexibility index (Phi) is 4.09. The van der Waals surface area contributed by atoms with Crippen molar-refractivity contribution in [1.29, 1.82) is 0 Å². The Labute approximate surface area is 136 Å². The predicted molar refractivity (Wildman–Crippen MR) is 90.0 cm³/mol. The highest BCUT2D eigenvalue weighted by Gasteiger charge is 2.09. The largest absolute Gasteiger partial charge is 0.206 e. The Morgan fingerprint density at radius 1 is 0.762 bits per heavy atom. The third-order valence-electron chi connectivity index (χ3n) is 3.29. The second-order valence-corrected chi connectivity index (χ2v) is 6.01. The molecule has 3 rings (SSSR count). The maximum atomic E-state index is 14.4. The van der Waals surface area contributed by atoms with Gasteiger partial charge in [-0.2, -0.15) is 0 Å². The van der Waals surface area contributed by atoms with E-state index >= 15 is 0 Å². The van der Waals surface area contributed by atoms with Gasteiger partial charge < -0.3 is 0 Å². The van der Waals surface area contributed by atoms with Crippen LogP contribution in [0.25, 0.3) is 22.3 Å². The lowest BCUT2D eigenvalue weighted by Gasteiger charge is -2.08. The Bertz CT molecular complexity index is 799. The highest BCUT2D eigenvalue weighted by Crippen LogP contribution is 2.32. The van der Waals surface area contributed by atoms with Crippen molar-refractivity contribution in [1.82, 2.24) is 0 Å². The van der Waals surface area contributed by atoms with Crippen LogP contribution >= 0.6 is 27.5 Å². The van der Waals surface area contributed by atoms with E-state index in [1.54, 1.807) is 12.1 Å². The van der Waals surface area contributed by atoms with E-state index in [0.29, 0.717) is 10.6 Å². The molecule has 0 aliphatic carbocycles. The molecule has 3 heteroatoms. The molecule has 0 unspecified atom stereocenters. The summed E-state index contributed by atoms with van der Waals surface area (Å²) in [6.45, 7) is 0. The number of rotatable bonds is 2. The molecule has 0 aromatic heterocycles. The molecule has 0 aliphatic rings. The lowest BCUT2D eigenvalue weighted by Crippen LogP contribution is -1.87. The molecule has 0 aliphatic heterocycles. The molecular weight excluding hydrogens is 351 g/mol. The van der Waals surface area contributed by atoms with Crippen LogP contribution in [0.5, 0.6) is 0 Å². The summed E-state index contributed by atoms with van der Waals surface area (Å²) >= 11 is 9.56. The number of halogens is 3. The molecule has 104 valence electrons. The maximum absolute atomic E-state index is 14.4. The SMILES string of the molecule is Fc1cc(-c2ccccc2Cl)ccc1-c1cccc(Br)c1. The molecule has 0 amide bonds. The molecular formula is C18H11BrClF. The van der Waals surface area contributed by atoms with Gasteiger partial charge in [-0.15, -0.1) is 0 Å². The van der Waals surface area contributed by atoms with E-state index in [1.165, 1.54) is 6.07 Å². The van der Waals surface area contributed by atoms with Crippen molar-refractivity contribution < 1.29 is 4.39 Å². The molecule has 21 heavy (non-hydrogen) atoms. The standard InChI is InChI=1S/C18H11BrClF/c19-14-5-3-4-12(10-14)16-9-8-13(11-18(16)21)15-6-1-2-7-17(15)20/h1-11H. The monoisotopic (exact) mass is 360 g/mol. The second-order valence-electron chi connectivity index (χ2n) is 4.68. The van der Waals surface area contributed by atoms with E-state index < -0.39 is 0 Å². The van der Waals surface area contributed by atoms with Crippen LogP contribution in [-0.2, 0) is 0 Å². The van der Waals surface area contributed by atoms with Crippen LogP contribution in [0.2, 0.25) is 5.02 Å². The minimum Gasteiger partial charge on any atom is -0.206 e. The van der Waals surface area contributed by atoms with Gasteiger partial charge in [-0.05, 0) is 35.4 Å². The van der Waals surface area contributed by atoms with Gasteiger partial charge in [0.15, 0.2) is 0 Å². The first-order chi connectivity index (χ1) is 10.1. The number of benzene rings is 3. The van der Waals surface area contributed by atoms with Gasteiger partial charge in [-0.3, -0.25) is 0 Å². The first-order valence-corrected chi connectivity index (χ1v) is 7.62. The lowest BCUT2D eigenvalue weighted by atomic mass is 9.99. The van der Waals surface area contributed by atoms with E-state index in [2.05, 4.69) is 15.9 Å². The highest BCUT2D eigenvalue weighted by atomic mass is 79.9. The summed E-state index contributed by atoms with van der Waals surface area (Å²) in [4.78, 5) is 0. The smallest absolute Gasteiger partial charge is 0.131 e. The Balaban J connectivity index is 2.07. The lowest BCUT2D eigenvalue weighted by molar-refractivity contribution is 0.632. The topological polar surface area (TPSA) is 0 Å². The van der Waals surface area contributed by atoms with E-state index in [4.69, 9.17) is 11.6 Å². The van der Waals surface area contributed by atoms with Crippen molar-refractivity contribution in [3.05, 3.63) is 82.0 Å². The summed E-state index contributed by atoms with van der Waals surface area (Å²) in [7, 11) is 0. The van der Waals surface area contributed by atoms with E-state index in [0.717, 1.165) is 21.2 Å². The van der Waals surface area contributed by atoms with Crippen molar-refractivity contribution in [3.63, 3.8) is 0 Å². The van der Waals surface area contributed by atoms with Crippen molar-refractivity contribution in [3.8, 4) is 22.3 Å². The van der Waals surface area contributed by atoms with E-state index in [9.17, 15) is 4.39 Å². The number of hydrogen-bond donors (Lipinski definition) is 0. The molecule has 0 bridgehead atoms. The van der Waals surface area contributed by atoms with Crippen LogP contribution in [0.3, 0.4) is 0 Å². The predicted octanol–water partition coefficient (Wildman–Crippen LogP) is 6.58. The summed E-state index contributed by atoms with van der Waals surface area (Å²) in [5.74, 6) is -0.259. The summed E-state index contributed by atoms with van der Waals surface area (Å²) in [6.07, 6.45) is 0. The van der Waals surface area contributed by atoms with Gasteiger partial charge in [0.1, 0.15) is 5.82 Å². The fourth-order valence-corrected chi connectivity index (χ4v) is 2.91. The zero-order chi connectivity index (χ0) is 14.8. The average molecular weight is 362 g/mol. The van der Waals surface area contributed by atoms with Gasteiger partial charge in [-0.25, -0.2) is 4.39 Å². The first-order valence-electron chi connectivity index (χ1n) is 6.45. The fourth-order valence-electron chi connectivity index (χ4n) is 2.27. The Morgan fingerprint density at radius 2 is 1.52 bits per heavy atom. The molecule has 0 radical (unpaired) electrons. The normalized spacial score (nSPS) is 10.6. The van der Waals surface area contributed by atoms with Crippen molar-refractivity contribution in [2.75, 3.05) is 0 Å². The summed E-state index contributed by atoms with van der Waals surface area (Å²) in [5.41, 5.74) is 3.02. The maximum Gasteiger partial charge on any atom is 0.131 e. The molecule has 0 heterocycles. The van der Waals surface area contributed by atoms with Gasteiger partial charge in [-0.1, -0.05) is 70.0 Å². The minimum atomic E-state index is -0.259. The van der Waals surface area contributed by atoms with Crippen LogP contribution in [0.4, 0.5) is 4.39 Å². The van der Waals surface area contributed by atoms with Crippen LogP contribution < -0.4 is 0 Å². The van der Waals surface area contributed by atoms with E-state index in [1.807, 2.05) is 48.5 Å². The summed E-state index contributed by atoms with van der Waals surface area (Å²) < 4.78 is 15.4. The molecule has 0 saturated carbocycles. The van der Waals surface area contributed by atoms with E-state index in [-0.39, 0.29) is 5.82 Å². The van der Waals surface area contributed by atoms with Crippen LogP contribution in [-0.4, -0.2) is 0 Å². The molecule has 0 fully saturated rings. The third kappa shape index (κ3) is 3.02. The molecule has 0 N–H and O–H groups in total. The third-order valence-corrected chi connectivity index (χ3v) is 4.11. The minimum absolute atomic E-state index is 0.259. The molecule has 0 nitrogen and oxygen atoms in total. The van der Waals surface area contributed by atoms with Crippen molar-refractivity contribution in [2.24, 2.45) is 0 Å². The first kappa shape index (κ1) is 14.3. The van der Waals surface area contributed by atoms with Gasteiger partial charge in [0.2, 0.25) is 0 Å². The summed E-state index contributed by atoms with van der Waals surface area (Å²) in [5, 5.41) is 0.618. The Hall–Kier alpha value is -1.64. The molecule has 3 aromatic carbocycles. The number of hydrogen-bond acceptors (Lipinski definition) is 0. The zero-order valence-corrected chi connectivity index (χ0v) is 13.3. The molecule has 0 spiro atoms. The van der Waals surface area contributed by atoms with Crippen LogP contribution in [0, 0.1) is 5.82 Å². The van der Waals surface area contributed by atoms with Crippen molar-refractivity contribution >= 4 is 27.5 Å². The van der Waals surface area contributed by atoms with Crippen molar-refractivity contribution in [2.45, 2.75) is 0 Å². The Morgan fingerprint density at radius 3 is 2.24 bits per heavy atom. The highest BCUT2D eigenvalue weighted by molar-refractivity contribution is 9.10. The quantitative estimate of drug-likeness (QED) is 0.484. The van der Waals surface area contributed by atoms with Gasteiger partial charge >= 0.3 is 0 Å². The molecule has 0 atom stereocenters. The fraction of sp³-hybridized carbons (Fsp3) is 0. The second kappa shape index (κ2) is 6.00. The molecule has 3 aromatic rings. The van der Waals surface area contributed by atoms with Gasteiger partial charge in [0.05, 0.1) is 0 Å². The van der Waals surface area contributed by atoms with Crippen LogP contribution in [0.1, 0.15) is 0 Å².